The molecule has 3 aliphatic rings. The molecule has 1 unspecified atom stereocenters. The first-order chi connectivity index (χ1) is 16.1. The molecule has 1 N–H and O–H groups in total. The molecule has 1 atom stereocenters. The Bertz CT molecular complexity index is 1190. The van der Waals surface area contributed by atoms with Crippen LogP contribution < -0.4 is 39.2 Å². The third-order valence-electron chi connectivity index (χ3n) is 7.10. The topological polar surface area (TPSA) is 108 Å². The van der Waals surface area contributed by atoms with Crippen LogP contribution in [0, 0.1) is 0 Å². The van der Waals surface area contributed by atoms with Crippen molar-refractivity contribution in [3.05, 3.63) is 45.4 Å². The molecule has 5 rings (SSSR count). The number of anilines is 2. The quantitative estimate of drug-likeness (QED) is 0.606. The van der Waals surface area contributed by atoms with Gasteiger partial charge in [-0.3, -0.25) is 13.8 Å². The summed E-state index contributed by atoms with van der Waals surface area (Å²) in [5.74, 6) is 0. The predicted octanol–water partition coefficient (Wildman–Crippen LogP) is 1.02. The van der Waals surface area contributed by atoms with Crippen molar-refractivity contribution >= 4 is 27.6 Å². The molecule has 1 saturated heterocycles. The number of ether oxygens (including phenoxy) is 1. The Morgan fingerprint density at radius 1 is 1.20 bits per heavy atom. The van der Waals surface area contributed by atoms with Crippen molar-refractivity contribution in [3.63, 3.8) is 0 Å². The van der Waals surface area contributed by atoms with Crippen LogP contribution in [0.5, 0.6) is 0 Å². The van der Waals surface area contributed by atoms with E-state index in [9.17, 15) is 13.2 Å². The maximum Gasteiger partial charge on any atom is 1.00 e. The molecule has 2 aliphatic carbocycles. The van der Waals surface area contributed by atoms with Crippen molar-refractivity contribution < 1.29 is 47.5 Å². The van der Waals surface area contributed by atoms with Gasteiger partial charge in [0.15, 0.2) is 6.03 Å². The molecule has 9 nitrogen and oxygen atoms in total. The first-order valence-electron chi connectivity index (χ1n) is 12.0. The first-order valence-corrected chi connectivity index (χ1v) is 13.4. The van der Waals surface area contributed by atoms with Crippen LogP contribution in [0.25, 0.3) is 4.72 Å². The second-order valence-electron chi connectivity index (χ2n) is 10.2. The van der Waals surface area contributed by atoms with E-state index in [2.05, 4.69) is 21.2 Å². The summed E-state index contributed by atoms with van der Waals surface area (Å²) in [6, 6.07) is 1.03. The van der Waals surface area contributed by atoms with Crippen LogP contribution in [0.3, 0.4) is 0 Å². The number of hydrogen-bond donors (Lipinski definition) is 1. The maximum atomic E-state index is 13.5. The van der Waals surface area contributed by atoms with E-state index < -0.39 is 21.8 Å². The molecule has 2 aromatic rings. The van der Waals surface area contributed by atoms with Crippen LogP contribution in [0.4, 0.5) is 16.2 Å². The zero-order valence-electron chi connectivity index (χ0n) is 21.0. The Morgan fingerprint density at radius 3 is 2.43 bits per heavy atom. The summed E-state index contributed by atoms with van der Waals surface area (Å²) in [4.78, 5) is 13.0. The summed E-state index contributed by atoms with van der Waals surface area (Å²) in [5.41, 5.74) is 5.50. The van der Waals surface area contributed by atoms with Crippen molar-refractivity contribution in [2.24, 2.45) is 7.05 Å². The number of carbonyl (C=O) groups excluding carboxylic acids is 1. The number of carbonyl (C=O) groups is 1. The van der Waals surface area contributed by atoms with Crippen LogP contribution in [-0.2, 0) is 47.7 Å². The molecule has 184 valence electrons. The first kappa shape index (κ1) is 26.5. The number of fused-ring (bicyclic) bond motifs is 2. The van der Waals surface area contributed by atoms with Crippen LogP contribution >= 0.6 is 0 Å². The van der Waals surface area contributed by atoms with Gasteiger partial charge >= 0.3 is 29.6 Å². The molecule has 0 spiro atoms. The van der Waals surface area contributed by atoms with Gasteiger partial charge in [-0.05, 0) is 93.2 Å². The van der Waals surface area contributed by atoms with Gasteiger partial charge < -0.3 is 14.8 Å². The number of rotatable bonds is 5. The van der Waals surface area contributed by atoms with Gasteiger partial charge in [0, 0.05) is 19.9 Å². The molecule has 0 bridgehead atoms. The van der Waals surface area contributed by atoms with Crippen LogP contribution in [-0.4, -0.2) is 42.5 Å². The van der Waals surface area contributed by atoms with Crippen LogP contribution in [0.15, 0.2) is 18.5 Å². The van der Waals surface area contributed by atoms with Gasteiger partial charge in [-0.15, -0.1) is 0 Å². The largest absolute Gasteiger partial charge is 1.00 e. The zero-order chi connectivity index (χ0) is 24.1. The van der Waals surface area contributed by atoms with E-state index in [0.29, 0.717) is 25.1 Å². The van der Waals surface area contributed by atoms with Crippen molar-refractivity contribution in [2.45, 2.75) is 76.9 Å². The minimum atomic E-state index is -4.32. The van der Waals surface area contributed by atoms with E-state index in [1.54, 1.807) is 17.9 Å². The second-order valence-corrected chi connectivity index (χ2v) is 11.6. The summed E-state index contributed by atoms with van der Waals surface area (Å²) in [6.07, 6.45) is 9.98. The Labute approximate surface area is 229 Å². The number of aromatic nitrogens is 2. The zero-order valence-corrected chi connectivity index (χ0v) is 23.8. The van der Waals surface area contributed by atoms with E-state index in [1.165, 1.54) is 21.6 Å². The number of nitrogens with zero attached hydrogens (tertiary/aromatic N) is 4. The monoisotopic (exact) mass is 509 g/mol. The average Bonchev–Trinajstić information content (AvgIpc) is 3.47. The summed E-state index contributed by atoms with van der Waals surface area (Å²) in [7, 11) is -2.60. The van der Waals surface area contributed by atoms with E-state index in [4.69, 9.17) is 4.74 Å². The predicted molar refractivity (Wildman–Crippen MR) is 131 cm³/mol. The maximum absolute atomic E-state index is 13.5. The second kappa shape index (κ2) is 10.0. The minimum absolute atomic E-state index is 0. The molecule has 11 heteroatoms. The third kappa shape index (κ3) is 5.41. The Morgan fingerprint density at radius 2 is 1.86 bits per heavy atom. The standard InChI is InChI=1S/C24H33N5O4S.Na/c1-24(2)13-18(10-11-33-24)29(19-14-25-28(3)15-19)34(31,32)27-23(30)26-22-20-8-4-6-16(20)12-17-7-5-9-21(17)22;/h12,14-15,18H,4-11,13H2,1-3H3,(H2,26,27,30);/q;+1/p-1. The molecular weight excluding hydrogens is 477 g/mol. The van der Waals surface area contributed by atoms with Gasteiger partial charge in [-0.25, -0.2) is 8.42 Å². The number of amides is 2. The molecule has 0 radical (unpaired) electrons. The van der Waals surface area contributed by atoms with Gasteiger partial charge in [-0.1, -0.05) is 6.07 Å². The fourth-order valence-corrected chi connectivity index (χ4v) is 6.96. The minimum Gasteiger partial charge on any atom is -0.423 e. The fraction of sp³-hybridized carbons (Fsp3) is 0.583. The Balaban J connectivity index is 0.00000289. The van der Waals surface area contributed by atoms with E-state index >= 15 is 0 Å². The van der Waals surface area contributed by atoms with E-state index in [-0.39, 0.29) is 35.6 Å². The molecule has 1 fully saturated rings. The summed E-state index contributed by atoms with van der Waals surface area (Å²) >= 11 is 0. The number of benzene rings is 1. The normalized spacial score (nSPS) is 20.5. The third-order valence-corrected chi connectivity index (χ3v) is 8.50. The number of hydrogen-bond acceptors (Lipinski definition) is 5. The van der Waals surface area contributed by atoms with E-state index in [0.717, 1.165) is 55.3 Å². The molecule has 35 heavy (non-hydrogen) atoms. The molecular formula is C24H32N5NaO4S. The van der Waals surface area contributed by atoms with Crippen molar-refractivity contribution in [1.29, 1.82) is 0 Å². The summed E-state index contributed by atoms with van der Waals surface area (Å²) in [6.45, 7) is 4.31. The SMILES string of the molecule is Cn1cc(N(C2CCOC(C)(C)C2)S(=O)(=O)[N-]C(=O)Nc2c3c(cc4c2CCC4)CCC3)cn1.[Na+]. The van der Waals surface area contributed by atoms with Crippen molar-refractivity contribution in [2.75, 3.05) is 16.2 Å². The summed E-state index contributed by atoms with van der Waals surface area (Å²) in [5, 5.41) is 7.02. The van der Waals surface area contributed by atoms with Gasteiger partial charge in [-0.2, -0.15) is 5.10 Å². The van der Waals surface area contributed by atoms with Crippen LogP contribution in [0.2, 0.25) is 0 Å². The molecule has 2 amide bonds. The van der Waals surface area contributed by atoms with Crippen LogP contribution in [0.1, 0.15) is 61.8 Å². The van der Waals surface area contributed by atoms with Gasteiger partial charge in [0.05, 0.1) is 23.5 Å². The van der Waals surface area contributed by atoms with Gasteiger partial charge in [0.25, 0.3) is 10.2 Å². The molecule has 2 heterocycles. The fourth-order valence-electron chi connectivity index (χ4n) is 5.70. The Kier molecular flexibility index (Phi) is 7.60. The Hall–Kier alpha value is -1.59. The number of urea groups is 1. The number of nitrogens with one attached hydrogen (secondary N) is 1. The van der Waals surface area contributed by atoms with Crippen molar-refractivity contribution in [3.8, 4) is 0 Å². The van der Waals surface area contributed by atoms with Gasteiger partial charge in [0.2, 0.25) is 0 Å². The van der Waals surface area contributed by atoms with Gasteiger partial charge in [0.1, 0.15) is 0 Å². The molecule has 1 aromatic heterocycles. The molecule has 1 aromatic carbocycles. The van der Waals surface area contributed by atoms with Crippen molar-refractivity contribution in [1.82, 2.24) is 9.78 Å². The average molecular weight is 510 g/mol. The molecule has 0 saturated carbocycles. The molecule has 1 aliphatic heterocycles. The summed E-state index contributed by atoms with van der Waals surface area (Å²) < 4.78 is 39.4. The smallest absolute Gasteiger partial charge is 0.423 e. The number of aryl methyl sites for hydroxylation is 3. The van der Waals surface area contributed by atoms with E-state index in [1.807, 2.05) is 13.8 Å².